The highest BCUT2D eigenvalue weighted by molar-refractivity contribution is 5.97. The normalized spacial score (nSPS) is 15.4. The molecule has 2 N–H and O–H groups in total. The summed E-state index contributed by atoms with van der Waals surface area (Å²) in [6.07, 6.45) is 2.88. The SMILES string of the molecule is Cc1ccc(Cn2c(C(=O)N3CCC(C(N)=O)CC3)cc3occc32)cc1. The van der Waals surface area contributed by atoms with Crippen LogP contribution in [0.15, 0.2) is 47.1 Å². The predicted octanol–water partition coefficient (Wildman–Crippen LogP) is 2.93. The Labute approximate surface area is 157 Å². The monoisotopic (exact) mass is 365 g/mol. The van der Waals surface area contributed by atoms with E-state index in [9.17, 15) is 9.59 Å². The van der Waals surface area contributed by atoms with Gasteiger partial charge in [-0.05, 0) is 25.3 Å². The zero-order valence-corrected chi connectivity index (χ0v) is 15.4. The molecule has 1 aromatic carbocycles. The van der Waals surface area contributed by atoms with Gasteiger partial charge in [-0.3, -0.25) is 9.59 Å². The molecule has 1 aliphatic heterocycles. The molecule has 0 spiro atoms. The molecule has 6 heteroatoms. The Kier molecular flexibility index (Phi) is 4.48. The first kappa shape index (κ1) is 17.4. The molecule has 0 aliphatic carbocycles. The Bertz CT molecular complexity index is 976. The topological polar surface area (TPSA) is 81.5 Å². The van der Waals surface area contributed by atoms with Crippen LogP contribution >= 0.6 is 0 Å². The van der Waals surface area contributed by atoms with Gasteiger partial charge in [0.15, 0.2) is 5.58 Å². The summed E-state index contributed by atoms with van der Waals surface area (Å²) in [5.41, 5.74) is 9.95. The summed E-state index contributed by atoms with van der Waals surface area (Å²) in [4.78, 5) is 26.3. The third kappa shape index (κ3) is 3.35. The number of benzene rings is 1. The highest BCUT2D eigenvalue weighted by Crippen LogP contribution is 2.25. The molecule has 27 heavy (non-hydrogen) atoms. The number of primary amides is 1. The van der Waals surface area contributed by atoms with E-state index in [-0.39, 0.29) is 17.7 Å². The molecule has 1 saturated heterocycles. The van der Waals surface area contributed by atoms with Crippen LogP contribution < -0.4 is 5.73 Å². The number of fused-ring (bicyclic) bond motifs is 1. The number of hydrogen-bond acceptors (Lipinski definition) is 3. The van der Waals surface area contributed by atoms with Crippen LogP contribution in [0.5, 0.6) is 0 Å². The minimum Gasteiger partial charge on any atom is -0.463 e. The molecule has 0 unspecified atom stereocenters. The number of likely N-dealkylation sites (tertiary alicyclic amines) is 1. The van der Waals surface area contributed by atoms with Gasteiger partial charge in [-0.15, -0.1) is 0 Å². The number of hydrogen-bond donors (Lipinski definition) is 1. The lowest BCUT2D eigenvalue weighted by Gasteiger charge is -2.30. The number of carbonyl (C=O) groups excluding carboxylic acids is 2. The van der Waals surface area contributed by atoms with Gasteiger partial charge in [0.1, 0.15) is 5.69 Å². The number of amides is 2. The summed E-state index contributed by atoms with van der Waals surface area (Å²) in [5, 5.41) is 0. The molecule has 0 atom stereocenters. The lowest BCUT2D eigenvalue weighted by Crippen LogP contribution is -2.42. The second kappa shape index (κ2) is 6.95. The van der Waals surface area contributed by atoms with Crippen molar-refractivity contribution in [2.45, 2.75) is 26.3 Å². The van der Waals surface area contributed by atoms with Crippen molar-refractivity contribution in [1.29, 1.82) is 0 Å². The summed E-state index contributed by atoms with van der Waals surface area (Å²) in [6, 6.07) is 12.0. The second-order valence-corrected chi connectivity index (χ2v) is 7.24. The van der Waals surface area contributed by atoms with E-state index in [1.54, 1.807) is 11.2 Å². The van der Waals surface area contributed by atoms with E-state index < -0.39 is 0 Å². The standard InChI is InChI=1S/C21H23N3O3/c1-14-2-4-15(5-3-14)13-24-17-8-11-27-19(17)12-18(24)21(26)23-9-6-16(7-10-23)20(22)25/h2-5,8,11-12,16H,6-7,9-10,13H2,1H3,(H2,22,25). The van der Waals surface area contributed by atoms with Crippen molar-refractivity contribution < 1.29 is 14.0 Å². The lowest BCUT2D eigenvalue weighted by atomic mass is 9.96. The van der Waals surface area contributed by atoms with E-state index >= 15 is 0 Å². The highest BCUT2D eigenvalue weighted by atomic mass is 16.3. The lowest BCUT2D eigenvalue weighted by molar-refractivity contribution is -0.123. The molecule has 2 aromatic heterocycles. The number of aryl methyl sites for hydroxylation is 1. The van der Waals surface area contributed by atoms with Crippen LogP contribution in [-0.2, 0) is 11.3 Å². The molecule has 1 aliphatic rings. The Morgan fingerprint density at radius 2 is 1.85 bits per heavy atom. The van der Waals surface area contributed by atoms with Crippen molar-refractivity contribution in [2.75, 3.05) is 13.1 Å². The summed E-state index contributed by atoms with van der Waals surface area (Å²) in [7, 11) is 0. The molecule has 2 amide bonds. The number of rotatable bonds is 4. The van der Waals surface area contributed by atoms with Gasteiger partial charge in [0, 0.05) is 37.7 Å². The van der Waals surface area contributed by atoms with E-state index in [1.165, 1.54) is 5.56 Å². The van der Waals surface area contributed by atoms with Crippen molar-refractivity contribution in [3.8, 4) is 0 Å². The fourth-order valence-corrected chi connectivity index (χ4v) is 3.73. The summed E-state index contributed by atoms with van der Waals surface area (Å²) in [6.45, 7) is 3.74. The van der Waals surface area contributed by atoms with E-state index in [1.807, 2.05) is 16.7 Å². The third-order valence-electron chi connectivity index (χ3n) is 5.39. The van der Waals surface area contributed by atoms with Gasteiger partial charge in [-0.25, -0.2) is 0 Å². The van der Waals surface area contributed by atoms with Crippen LogP contribution in [0.1, 0.15) is 34.5 Å². The van der Waals surface area contributed by atoms with Crippen LogP contribution in [0.3, 0.4) is 0 Å². The van der Waals surface area contributed by atoms with Crippen LogP contribution in [0.2, 0.25) is 0 Å². The average molecular weight is 365 g/mol. The molecule has 6 nitrogen and oxygen atoms in total. The Hall–Kier alpha value is -3.02. The second-order valence-electron chi connectivity index (χ2n) is 7.24. The molecule has 4 rings (SSSR count). The fourth-order valence-electron chi connectivity index (χ4n) is 3.73. The third-order valence-corrected chi connectivity index (χ3v) is 5.39. The zero-order valence-electron chi connectivity index (χ0n) is 15.4. The van der Waals surface area contributed by atoms with E-state index in [2.05, 4.69) is 31.2 Å². The first-order valence-corrected chi connectivity index (χ1v) is 9.24. The number of carbonyl (C=O) groups is 2. The van der Waals surface area contributed by atoms with Gasteiger partial charge < -0.3 is 19.6 Å². The molecule has 0 bridgehead atoms. The average Bonchev–Trinajstić information content (AvgIpc) is 3.25. The van der Waals surface area contributed by atoms with Gasteiger partial charge in [0.25, 0.3) is 5.91 Å². The van der Waals surface area contributed by atoms with Crippen LogP contribution in [-0.4, -0.2) is 34.4 Å². The van der Waals surface area contributed by atoms with Crippen molar-refractivity contribution in [1.82, 2.24) is 9.47 Å². The molecule has 140 valence electrons. The van der Waals surface area contributed by atoms with Crippen LogP contribution in [0, 0.1) is 12.8 Å². The molecule has 0 saturated carbocycles. The molecule has 3 heterocycles. The van der Waals surface area contributed by atoms with Gasteiger partial charge in [0.05, 0.1) is 11.8 Å². The van der Waals surface area contributed by atoms with Crippen molar-refractivity contribution >= 4 is 22.9 Å². The fraction of sp³-hybridized carbons (Fsp3) is 0.333. The maximum atomic E-state index is 13.2. The molecular weight excluding hydrogens is 342 g/mol. The quantitative estimate of drug-likeness (QED) is 0.772. The molecule has 3 aromatic rings. The molecular formula is C21H23N3O3. The minimum atomic E-state index is -0.276. The predicted molar refractivity (Wildman–Crippen MR) is 102 cm³/mol. The first-order valence-electron chi connectivity index (χ1n) is 9.24. The highest BCUT2D eigenvalue weighted by Gasteiger charge is 2.28. The summed E-state index contributed by atoms with van der Waals surface area (Å²) < 4.78 is 7.54. The number of nitrogens with zero attached hydrogens (tertiary/aromatic N) is 2. The van der Waals surface area contributed by atoms with Crippen molar-refractivity contribution in [3.05, 3.63) is 59.5 Å². The number of nitrogens with two attached hydrogens (primary N) is 1. The molecule has 1 fully saturated rings. The van der Waals surface area contributed by atoms with Gasteiger partial charge in [-0.2, -0.15) is 0 Å². The Balaban J connectivity index is 1.61. The van der Waals surface area contributed by atoms with Gasteiger partial charge in [-0.1, -0.05) is 29.8 Å². The van der Waals surface area contributed by atoms with Crippen LogP contribution in [0.4, 0.5) is 0 Å². The zero-order chi connectivity index (χ0) is 19.0. The smallest absolute Gasteiger partial charge is 0.270 e. The van der Waals surface area contributed by atoms with Crippen LogP contribution in [0.25, 0.3) is 11.1 Å². The van der Waals surface area contributed by atoms with Gasteiger partial charge >= 0.3 is 0 Å². The van der Waals surface area contributed by atoms with Crippen molar-refractivity contribution in [2.24, 2.45) is 11.7 Å². The summed E-state index contributed by atoms with van der Waals surface area (Å²) >= 11 is 0. The Morgan fingerprint density at radius 3 is 2.52 bits per heavy atom. The maximum Gasteiger partial charge on any atom is 0.270 e. The van der Waals surface area contributed by atoms with E-state index in [0.717, 1.165) is 11.1 Å². The number of furan rings is 1. The first-order chi connectivity index (χ1) is 13.0. The minimum absolute atomic E-state index is 0.0311. The maximum absolute atomic E-state index is 13.2. The Morgan fingerprint density at radius 1 is 1.15 bits per heavy atom. The number of aromatic nitrogens is 1. The summed E-state index contributed by atoms with van der Waals surface area (Å²) in [5.74, 6) is -0.441. The van der Waals surface area contributed by atoms with Gasteiger partial charge in [0.2, 0.25) is 5.91 Å². The van der Waals surface area contributed by atoms with E-state index in [0.29, 0.717) is 43.8 Å². The largest absolute Gasteiger partial charge is 0.463 e. The number of piperidine rings is 1. The van der Waals surface area contributed by atoms with E-state index in [4.69, 9.17) is 10.2 Å². The van der Waals surface area contributed by atoms with Crippen molar-refractivity contribution in [3.63, 3.8) is 0 Å². The molecule has 0 radical (unpaired) electrons.